The van der Waals surface area contributed by atoms with Crippen molar-refractivity contribution in [3.8, 4) is 39.8 Å². The second-order valence-corrected chi connectivity index (χ2v) is 6.04. The number of aromatic amines is 1. The normalized spacial score (nSPS) is 12.3. The Morgan fingerprint density at radius 3 is 2.37 bits per heavy atom. The molecule has 2 aromatic carbocycles. The number of nitrogens with zero attached hydrogens (tertiary/aromatic N) is 3. The maximum atomic E-state index is 12.2. The van der Waals surface area contributed by atoms with Crippen LogP contribution < -0.4 is 15.0 Å². The van der Waals surface area contributed by atoms with Crippen LogP contribution in [0.25, 0.3) is 28.3 Å². The Labute approximate surface area is 153 Å². The molecule has 0 saturated carbocycles. The van der Waals surface area contributed by atoms with Gasteiger partial charge in [0.15, 0.2) is 11.5 Å². The molecule has 0 amide bonds. The Kier molecular flexibility index (Phi) is 3.50. The first-order chi connectivity index (χ1) is 13.3. The topological polar surface area (TPSA) is 82.0 Å². The molecule has 1 aliphatic rings. The van der Waals surface area contributed by atoms with Gasteiger partial charge in [-0.15, -0.1) is 0 Å². The van der Waals surface area contributed by atoms with E-state index in [1.807, 2.05) is 42.5 Å². The number of ether oxygens (including phenoxy) is 2. The molecule has 0 atom stereocenters. The monoisotopic (exact) mass is 358 g/mol. The summed E-state index contributed by atoms with van der Waals surface area (Å²) >= 11 is 0. The molecule has 0 saturated heterocycles. The highest BCUT2D eigenvalue weighted by atomic mass is 16.7. The minimum Gasteiger partial charge on any atom is -0.454 e. The first-order valence-electron chi connectivity index (χ1n) is 8.38. The van der Waals surface area contributed by atoms with E-state index in [9.17, 15) is 4.79 Å². The van der Waals surface area contributed by atoms with Crippen LogP contribution in [0, 0.1) is 0 Å². The molecule has 2 aromatic heterocycles. The summed E-state index contributed by atoms with van der Waals surface area (Å²) in [6.45, 7) is 0.257. The summed E-state index contributed by atoms with van der Waals surface area (Å²) in [6, 6.07) is 17.0. The van der Waals surface area contributed by atoms with Crippen molar-refractivity contribution in [2.24, 2.45) is 0 Å². The predicted molar refractivity (Wildman–Crippen MR) is 99.0 cm³/mol. The zero-order valence-corrected chi connectivity index (χ0v) is 14.1. The third-order valence-electron chi connectivity index (χ3n) is 4.37. The van der Waals surface area contributed by atoms with Crippen molar-refractivity contribution >= 4 is 0 Å². The summed E-state index contributed by atoms with van der Waals surface area (Å²) in [5, 5.41) is 3.05. The molecule has 7 heteroatoms. The number of rotatable bonds is 3. The lowest BCUT2D eigenvalue weighted by atomic mass is 10.0. The fourth-order valence-corrected chi connectivity index (χ4v) is 3.02. The molecule has 4 aromatic rings. The van der Waals surface area contributed by atoms with E-state index in [4.69, 9.17) is 9.47 Å². The summed E-state index contributed by atoms with van der Waals surface area (Å²) < 4.78 is 12.1. The van der Waals surface area contributed by atoms with Gasteiger partial charge < -0.3 is 9.47 Å². The molecule has 0 aliphatic carbocycles. The SMILES string of the molecule is O=c1cc(-c2ccc(-c3ccc4c(c3)OCO4)cc2)[nH]n1-c1ncccn1. The van der Waals surface area contributed by atoms with Gasteiger partial charge in [-0.05, 0) is 34.9 Å². The van der Waals surface area contributed by atoms with Crippen LogP contribution in [0.15, 0.2) is 71.8 Å². The molecule has 3 heterocycles. The van der Waals surface area contributed by atoms with Crippen LogP contribution in [0.5, 0.6) is 11.5 Å². The van der Waals surface area contributed by atoms with E-state index in [2.05, 4.69) is 15.1 Å². The van der Waals surface area contributed by atoms with Crippen molar-refractivity contribution in [2.75, 3.05) is 6.79 Å². The Balaban J connectivity index is 1.47. The summed E-state index contributed by atoms with van der Waals surface area (Å²) in [5.74, 6) is 1.82. The van der Waals surface area contributed by atoms with Crippen LogP contribution >= 0.6 is 0 Å². The van der Waals surface area contributed by atoms with Gasteiger partial charge in [0.2, 0.25) is 6.79 Å². The first-order valence-corrected chi connectivity index (χ1v) is 8.38. The lowest BCUT2D eigenvalue weighted by Gasteiger charge is -2.05. The molecule has 7 nitrogen and oxygen atoms in total. The number of hydrogen-bond donors (Lipinski definition) is 1. The van der Waals surface area contributed by atoms with Crippen LogP contribution in [0.2, 0.25) is 0 Å². The molecule has 27 heavy (non-hydrogen) atoms. The second-order valence-electron chi connectivity index (χ2n) is 6.04. The molecule has 1 aliphatic heterocycles. The third kappa shape index (κ3) is 2.75. The van der Waals surface area contributed by atoms with E-state index < -0.39 is 0 Å². The Hall–Kier alpha value is -3.87. The van der Waals surface area contributed by atoms with Crippen LogP contribution in [-0.2, 0) is 0 Å². The number of fused-ring (bicyclic) bond motifs is 1. The average Bonchev–Trinajstić information content (AvgIpc) is 3.34. The van der Waals surface area contributed by atoms with Gasteiger partial charge in [0.05, 0.1) is 5.69 Å². The average molecular weight is 358 g/mol. The largest absolute Gasteiger partial charge is 0.454 e. The summed E-state index contributed by atoms with van der Waals surface area (Å²) in [7, 11) is 0. The lowest BCUT2D eigenvalue weighted by molar-refractivity contribution is 0.174. The number of hydrogen-bond acceptors (Lipinski definition) is 5. The van der Waals surface area contributed by atoms with Gasteiger partial charge in [-0.1, -0.05) is 30.3 Å². The van der Waals surface area contributed by atoms with Gasteiger partial charge in [-0.25, -0.2) is 9.97 Å². The van der Waals surface area contributed by atoms with Gasteiger partial charge in [-0.3, -0.25) is 9.89 Å². The summed E-state index contributed by atoms with van der Waals surface area (Å²) in [5.41, 5.74) is 3.46. The van der Waals surface area contributed by atoms with E-state index in [0.717, 1.165) is 28.2 Å². The lowest BCUT2D eigenvalue weighted by Crippen LogP contribution is -2.15. The molecular weight excluding hydrogens is 344 g/mol. The van der Waals surface area contributed by atoms with Crippen LogP contribution in [-0.4, -0.2) is 26.5 Å². The highest BCUT2D eigenvalue weighted by Gasteiger charge is 2.14. The van der Waals surface area contributed by atoms with Gasteiger partial charge in [0.1, 0.15) is 0 Å². The quantitative estimate of drug-likeness (QED) is 0.609. The number of H-pyrrole nitrogens is 1. The number of nitrogens with one attached hydrogen (secondary N) is 1. The van der Waals surface area contributed by atoms with E-state index in [1.165, 1.54) is 10.7 Å². The first kappa shape index (κ1) is 15.4. The van der Waals surface area contributed by atoms with Crippen molar-refractivity contribution in [1.29, 1.82) is 0 Å². The fourth-order valence-electron chi connectivity index (χ4n) is 3.02. The molecule has 0 radical (unpaired) electrons. The maximum absolute atomic E-state index is 12.2. The minimum absolute atomic E-state index is 0.212. The molecule has 0 bridgehead atoms. The molecule has 0 unspecified atom stereocenters. The van der Waals surface area contributed by atoms with E-state index >= 15 is 0 Å². The van der Waals surface area contributed by atoms with Crippen molar-refractivity contribution in [1.82, 2.24) is 19.7 Å². The third-order valence-corrected chi connectivity index (χ3v) is 4.37. The molecular formula is C20H14N4O3. The van der Waals surface area contributed by atoms with Crippen molar-refractivity contribution in [3.05, 3.63) is 77.3 Å². The Bertz CT molecular complexity index is 1160. The van der Waals surface area contributed by atoms with Crippen LogP contribution in [0.4, 0.5) is 0 Å². The van der Waals surface area contributed by atoms with Gasteiger partial charge in [-0.2, -0.15) is 4.68 Å². The van der Waals surface area contributed by atoms with Crippen LogP contribution in [0.3, 0.4) is 0 Å². The van der Waals surface area contributed by atoms with Gasteiger partial charge >= 0.3 is 0 Å². The zero-order chi connectivity index (χ0) is 18.2. The van der Waals surface area contributed by atoms with Crippen molar-refractivity contribution in [3.63, 3.8) is 0 Å². The van der Waals surface area contributed by atoms with Crippen molar-refractivity contribution < 1.29 is 9.47 Å². The summed E-state index contributed by atoms with van der Waals surface area (Å²) in [6.07, 6.45) is 3.19. The molecule has 0 fully saturated rings. The Morgan fingerprint density at radius 1 is 0.852 bits per heavy atom. The van der Waals surface area contributed by atoms with E-state index in [-0.39, 0.29) is 12.4 Å². The highest BCUT2D eigenvalue weighted by Crippen LogP contribution is 2.36. The number of aromatic nitrogens is 4. The minimum atomic E-state index is -0.212. The molecule has 1 N–H and O–H groups in total. The van der Waals surface area contributed by atoms with Crippen molar-refractivity contribution in [2.45, 2.75) is 0 Å². The van der Waals surface area contributed by atoms with E-state index in [1.54, 1.807) is 18.5 Å². The number of benzene rings is 2. The molecule has 5 rings (SSSR count). The Morgan fingerprint density at radius 2 is 1.56 bits per heavy atom. The maximum Gasteiger partial charge on any atom is 0.274 e. The van der Waals surface area contributed by atoms with Crippen LogP contribution in [0.1, 0.15) is 0 Å². The predicted octanol–water partition coefficient (Wildman–Crippen LogP) is 3.02. The fraction of sp³-hybridized carbons (Fsp3) is 0.0500. The van der Waals surface area contributed by atoms with E-state index in [0.29, 0.717) is 11.6 Å². The second kappa shape index (κ2) is 6.14. The summed E-state index contributed by atoms with van der Waals surface area (Å²) in [4.78, 5) is 20.4. The van der Waals surface area contributed by atoms with Gasteiger partial charge in [0.25, 0.3) is 11.5 Å². The zero-order valence-electron chi connectivity index (χ0n) is 14.1. The smallest absolute Gasteiger partial charge is 0.274 e. The molecule has 132 valence electrons. The van der Waals surface area contributed by atoms with Gasteiger partial charge in [0, 0.05) is 18.5 Å². The standard InChI is InChI=1S/C20H14N4O3/c25-19-11-16(23-24(19)20-21-8-1-9-22-20)14-4-2-13(3-5-14)15-6-7-17-18(10-15)27-12-26-17/h1-11,23H,12H2. The highest BCUT2D eigenvalue weighted by molar-refractivity contribution is 5.71. The molecule has 0 spiro atoms.